The Morgan fingerprint density at radius 1 is 0.438 bits per heavy atom. The molecule has 0 aliphatic heterocycles. The van der Waals surface area contributed by atoms with Crippen LogP contribution in [0.4, 0.5) is 0 Å². The Bertz CT molecular complexity index is 672. The second-order valence-corrected chi connectivity index (χ2v) is 14.4. The monoisotopic (exact) mass is 678 g/mol. The maximum absolute atomic E-state index is 12.2. The van der Waals surface area contributed by atoms with E-state index in [1.807, 2.05) is 39.9 Å². The second-order valence-electron chi connectivity index (χ2n) is 14.4. The molecule has 0 radical (unpaired) electrons. The van der Waals surface area contributed by atoms with Crippen molar-refractivity contribution in [1.29, 1.82) is 0 Å². The number of hydrogen-bond donors (Lipinski definition) is 0. The van der Waals surface area contributed by atoms with Crippen LogP contribution < -0.4 is 0 Å². The molecule has 0 amide bonds. The highest BCUT2D eigenvalue weighted by molar-refractivity contribution is 5.70. The maximum atomic E-state index is 12.2. The molecule has 0 aliphatic carbocycles. The first-order chi connectivity index (χ1) is 23.2. The third-order valence-electron chi connectivity index (χ3n) is 8.58. The number of unbranched alkanes of at least 4 members (excludes halogenated alkanes) is 22. The summed E-state index contributed by atoms with van der Waals surface area (Å²) in [4.78, 5) is 26.5. The summed E-state index contributed by atoms with van der Waals surface area (Å²) in [5, 5.41) is 0. The quantitative estimate of drug-likeness (QED) is 0.0393. The highest BCUT2D eigenvalue weighted by Crippen LogP contribution is 2.14. The lowest BCUT2D eigenvalue weighted by Gasteiger charge is -2.21. The van der Waals surface area contributed by atoms with Crippen LogP contribution in [-0.4, -0.2) is 50.2 Å². The summed E-state index contributed by atoms with van der Waals surface area (Å²) in [6.07, 6.45) is 41.7. The van der Waals surface area contributed by atoms with Crippen LogP contribution in [0.5, 0.6) is 0 Å². The van der Waals surface area contributed by atoms with Crippen LogP contribution in [0, 0.1) is 0 Å². The molecule has 0 N–H and O–H groups in total. The molecule has 2 atom stereocenters. The Morgan fingerprint density at radius 2 is 0.667 bits per heavy atom. The van der Waals surface area contributed by atoms with Crippen LogP contribution in [-0.2, 0) is 19.1 Å². The van der Waals surface area contributed by atoms with E-state index in [1.54, 1.807) is 0 Å². The predicted octanol–water partition coefficient (Wildman–Crippen LogP) is 13.1. The molecule has 0 heterocycles. The minimum Gasteiger partial charge on any atom is -0.459 e. The van der Waals surface area contributed by atoms with E-state index in [-0.39, 0.29) is 11.9 Å². The molecule has 0 aromatic heterocycles. The molecule has 2 unspecified atom stereocenters. The van der Waals surface area contributed by atoms with Gasteiger partial charge in [-0.1, -0.05) is 141 Å². The molecule has 5 heteroatoms. The van der Waals surface area contributed by atoms with Gasteiger partial charge in [0, 0.05) is 12.8 Å². The van der Waals surface area contributed by atoms with Crippen molar-refractivity contribution in [3.8, 4) is 0 Å². The first-order valence-corrected chi connectivity index (χ1v) is 20.5. The van der Waals surface area contributed by atoms with Crippen molar-refractivity contribution >= 4 is 11.9 Å². The Morgan fingerprint density at radius 3 is 0.938 bits per heavy atom. The van der Waals surface area contributed by atoms with E-state index in [1.165, 1.54) is 141 Å². The molecular formula is C43H83NO4. The number of carbonyl (C=O) groups excluding carboxylic acids is 2. The Balaban J connectivity index is 0. The predicted molar refractivity (Wildman–Crippen MR) is 210 cm³/mol. The van der Waals surface area contributed by atoms with Crippen molar-refractivity contribution in [2.24, 2.45) is 0 Å². The van der Waals surface area contributed by atoms with Crippen molar-refractivity contribution in [3.05, 3.63) is 24.3 Å². The molecule has 48 heavy (non-hydrogen) atoms. The number of allylic oxidation sites excluding steroid dienone is 4. The molecule has 0 bridgehead atoms. The standard InChI is InChI=1S/C40H74O4.C3H9N/c1-5-7-9-11-13-15-17-19-21-23-25-27-29-31-33-35-39(41)43-37(3)38(4)44-40(42)36-34-32-30-28-26-24-22-20-18-16-14-12-10-8-6-2;1-4(2)3/h19-22,37-38H,5-18,23-36H2,1-4H3;1-3H3/b21-19-,22-20-;. The van der Waals surface area contributed by atoms with Crippen LogP contribution in [0.15, 0.2) is 24.3 Å². The topological polar surface area (TPSA) is 55.8 Å². The molecule has 0 saturated heterocycles. The molecule has 0 aliphatic rings. The summed E-state index contributed by atoms with van der Waals surface area (Å²) in [5.41, 5.74) is 0. The molecule has 284 valence electrons. The van der Waals surface area contributed by atoms with Gasteiger partial charge in [0.1, 0.15) is 12.2 Å². The minimum absolute atomic E-state index is 0.185. The van der Waals surface area contributed by atoms with E-state index in [2.05, 4.69) is 38.2 Å². The lowest BCUT2D eigenvalue weighted by Crippen LogP contribution is -2.30. The summed E-state index contributed by atoms with van der Waals surface area (Å²) in [6.45, 7) is 8.17. The van der Waals surface area contributed by atoms with Gasteiger partial charge < -0.3 is 14.4 Å². The Hall–Kier alpha value is -1.62. The number of carbonyl (C=O) groups is 2. The van der Waals surface area contributed by atoms with Crippen molar-refractivity contribution < 1.29 is 19.1 Å². The molecule has 0 spiro atoms. The van der Waals surface area contributed by atoms with Gasteiger partial charge in [-0.15, -0.1) is 0 Å². The molecular weight excluding hydrogens is 594 g/mol. The van der Waals surface area contributed by atoms with Gasteiger partial charge in [-0.3, -0.25) is 9.59 Å². The van der Waals surface area contributed by atoms with Gasteiger partial charge in [-0.2, -0.15) is 0 Å². The van der Waals surface area contributed by atoms with Crippen LogP contribution >= 0.6 is 0 Å². The summed E-state index contributed by atoms with van der Waals surface area (Å²) in [6, 6.07) is 0. The number of rotatable bonds is 33. The van der Waals surface area contributed by atoms with Crippen molar-refractivity contribution in [1.82, 2.24) is 4.90 Å². The van der Waals surface area contributed by atoms with Gasteiger partial charge in [-0.25, -0.2) is 0 Å². The van der Waals surface area contributed by atoms with E-state index in [9.17, 15) is 9.59 Å². The maximum Gasteiger partial charge on any atom is 0.306 e. The van der Waals surface area contributed by atoms with Gasteiger partial charge >= 0.3 is 11.9 Å². The summed E-state index contributed by atoms with van der Waals surface area (Å²) < 4.78 is 11.1. The van der Waals surface area contributed by atoms with Crippen LogP contribution in [0.1, 0.15) is 207 Å². The molecule has 0 fully saturated rings. The third kappa shape index (κ3) is 42.4. The fourth-order valence-corrected chi connectivity index (χ4v) is 5.40. The van der Waals surface area contributed by atoms with E-state index in [4.69, 9.17) is 9.47 Å². The summed E-state index contributed by atoms with van der Waals surface area (Å²) >= 11 is 0. The van der Waals surface area contributed by atoms with Gasteiger partial charge in [0.25, 0.3) is 0 Å². The first kappa shape index (κ1) is 48.5. The third-order valence-corrected chi connectivity index (χ3v) is 8.58. The smallest absolute Gasteiger partial charge is 0.306 e. The largest absolute Gasteiger partial charge is 0.459 e. The van der Waals surface area contributed by atoms with Gasteiger partial charge in [0.2, 0.25) is 0 Å². The number of esters is 2. The first-order valence-electron chi connectivity index (χ1n) is 20.5. The second kappa shape index (κ2) is 39.8. The van der Waals surface area contributed by atoms with Crippen molar-refractivity contribution in [2.75, 3.05) is 21.1 Å². The molecule has 0 aromatic rings. The lowest BCUT2D eigenvalue weighted by atomic mass is 10.1. The highest BCUT2D eigenvalue weighted by atomic mass is 16.6. The zero-order chi connectivity index (χ0) is 35.9. The molecule has 0 saturated carbocycles. The van der Waals surface area contributed by atoms with Crippen LogP contribution in [0.3, 0.4) is 0 Å². The Kier molecular flexibility index (Phi) is 40.2. The van der Waals surface area contributed by atoms with Crippen molar-refractivity contribution in [3.63, 3.8) is 0 Å². The number of hydrogen-bond acceptors (Lipinski definition) is 5. The van der Waals surface area contributed by atoms with E-state index < -0.39 is 12.2 Å². The van der Waals surface area contributed by atoms with E-state index in [0.29, 0.717) is 12.8 Å². The van der Waals surface area contributed by atoms with Crippen LogP contribution in [0.25, 0.3) is 0 Å². The Labute approximate surface area is 300 Å². The fraction of sp³-hybridized carbons (Fsp3) is 0.860. The average molecular weight is 678 g/mol. The highest BCUT2D eigenvalue weighted by Gasteiger charge is 2.20. The van der Waals surface area contributed by atoms with Gasteiger partial charge in [-0.05, 0) is 99.2 Å². The SMILES string of the molecule is CCCCCCCC/C=C\CCCCCCCC(=O)OC(C)C(C)OC(=O)CCCCCCC/C=C\CCCCCCCC.CN(C)C. The number of nitrogens with zero attached hydrogens (tertiary/aromatic N) is 1. The zero-order valence-corrected chi connectivity index (χ0v) is 33.3. The van der Waals surface area contributed by atoms with Gasteiger partial charge in [0.05, 0.1) is 0 Å². The van der Waals surface area contributed by atoms with Crippen LogP contribution in [0.2, 0.25) is 0 Å². The average Bonchev–Trinajstić information content (AvgIpc) is 3.04. The fourth-order valence-electron chi connectivity index (χ4n) is 5.40. The van der Waals surface area contributed by atoms with Gasteiger partial charge in [0.15, 0.2) is 0 Å². The molecule has 5 nitrogen and oxygen atoms in total. The summed E-state index contributed by atoms with van der Waals surface area (Å²) in [7, 11) is 6.00. The van der Waals surface area contributed by atoms with Crippen molar-refractivity contribution in [2.45, 2.75) is 220 Å². The lowest BCUT2D eigenvalue weighted by molar-refractivity contribution is -0.165. The number of ether oxygens (including phenoxy) is 2. The zero-order valence-electron chi connectivity index (χ0n) is 33.3. The van der Waals surface area contributed by atoms with E-state index in [0.717, 1.165) is 25.7 Å². The van der Waals surface area contributed by atoms with E-state index >= 15 is 0 Å². The minimum atomic E-state index is -0.413. The summed E-state index contributed by atoms with van der Waals surface area (Å²) in [5.74, 6) is -0.370. The normalized spacial score (nSPS) is 12.8. The molecule has 0 rings (SSSR count). The molecule has 0 aromatic carbocycles.